The third-order valence-corrected chi connectivity index (χ3v) is 7.27. The smallest absolute Gasteiger partial charge is 0.322 e. The highest BCUT2D eigenvalue weighted by Crippen LogP contribution is 2.39. The predicted octanol–water partition coefficient (Wildman–Crippen LogP) is 2.98. The number of amides is 2. The lowest BCUT2D eigenvalue weighted by Crippen LogP contribution is -2.48. The number of nitrogens with one attached hydrogen (secondary N) is 2. The van der Waals surface area contributed by atoms with Crippen molar-refractivity contribution in [3.05, 3.63) is 54.1 Å². The fourth-order valence-corrected chi connectivity index (χ4v) is 5.66. The van der Waals surface area contributed by atoms with Crippen LogP contribution >= 0.6 is 0 Å². The van der Waals surface area contributed by atoms with Gasteiger partial charge in [0.25, 0.3) is 0 Å². The minimum Gasteiger partial charge on any atom is -0.495 e. The van der Waals surface area contributed by atoms with Crippen molar-refractivity contribution < 1.29 is 17.9 Å². The van der Waals surface area contributed by atoms with Crippen molar-refractivity contribution in [1.82, 2.24) is 9.62 Å². The highest BCUT2D eigenvalue weighted by atomic mass is 32.2. The van der Waals surface area contributed by atoms with Gasteiger partial charge in [-0.2, -0.15) is 0 Å². The molecule has 3 atom stereocenters. The summed E-state index contributed by atoms with van der Waals surface area (Å²) in [5.74, 6) is 0.727. The Morgan fingerprint density at radius 3 is 2.55 bits per heavy atom. The largest absolute Gasteiger partial charge is 0.495 e. The Balaban J connectivity index is 1.40. The summed E-state index contributed by atoms with van der Waals surface area (Å²) < 4.78 is 33.4. The number of aryl methyl sites for hydroxylation is 1. The average molecular weight is 416 g/mol. The molecular weight excluding hydrogens is 390 g/mol. The molecule has 4 rings (SSSR count). The normalized spacial score (nSPS) is 23.2. The van der Waals surface area contributed by atoms with Crippen molar-refractivity contribution >= 4 is 21.7 Å². The van der Waals surface area contributed by atoms with Crippen molar-refractivity contribution in [3.63, 3.8) is 0 Å². The van der Waals surface area contributed by atoms with Gasteiger partial charge in [0.15, 0.2) is 0 Å². The van der Waals surface area contributed by atoms with Gasteiger partial charge in [-0.25, -0.2) is 17.9 Å². The number of carbonyl (C=O) groups excluding carboxylic acids is 1. The van der Waals surface area contributed by atoms with E-state index in [4.69, 9.17) is 4.74 Å². The first kappa shape index (κ1) is 19.7. The fourth-order valence-electron chi connectivity index (χ4n) is 4.32. The molecule has 2 amide bonds. The number of ether oxygens (including phenoxy) is 1. The zero-order valence-corrected chi connectivity index (χ0v) is 17.3. The molecule has 2 aromatic rings. The van der Waals surface area contributed by atoms with E-state index >= 15 is 0 Å². The number of rotatable bonds is 5. The minimum absolute atomic E-state index is 0.0271. The predicted molar refractivity (Wildman–Crippen MR) is 111 cm³/mol. The second kappa shape index (κ2) is 7.68. The van der Waals surface area contributed by atoms with Crippen molar-refractivity contribution in [1.29, 1.82) is 0 Å². The van der Waals surface area contributed by atoms with Crippen molar-refractivity contribution in [3.8, 4) is 5.75 Å². The summed E-state index contributed by atoms with van der Waals surface area (Å²) in [7, 11) is -1.98. The first-order valence-corrected chi connectivity index (χ1v) is 11.2. The lowest BCUT2D eigenvalue weighted by atomic mass is 10.0. The molecule has 2 fully saturated rings. The maximum absolute atomic E-state index is 12.8. The Hall–Kier alpha value is -2.58. The number of anilines is 1. The van der Waals surface area contributed by atoms with Gasteiger partial charge in [-0.15, -0.1) is 0 Å². The van der Waals surface area contributed by atoms with Gasteiger partial charge in [-0.1, -0.05) is 24.3 Å². The number of methoxy groups -OCH3 is 1. The van der Waals surface area contributed by atoms with Gasteiger partial charge in [-0.05, 0) is 55.5 Å². The topological polar surface area (TPSA) is 87.7 Å². The maximum atomic E-state index is 12.8. The van der Waals surface area contributed by atoms with Crippen LogP contribution in [0.25, 0.3) is 0 Å². The van der Waals surface area contributed by atoms with Gasteiger partial charge >= 0.3 is 6.03 Å². The monoisotopic (exact) mass is 415 g/mol. The molecule has 2 bridgehead atoms. The van der Waals surface area contributed by atoms with Gasteiger partial charge in [0.2, 0.25) is 10.0 Å². The minimum atomic E-state index is -3.55. The third kappa shape index (κ3) is 3.95. The van der Waals surface area contributed by atoms with Crippen LogP contribution in [0.5, 0.6) is 5.75 Å². The zero-order valence-electron chi connectivity index (χ0n) is 16.5. The van der Waals surface area contributed by atoms with Gasteiger partial charge in [0.05, 0.1) is 17.7 Å². The molecule has 2 aromatic carbocycles. The first-order valence-electron chi connectivity index (χ1n) is 9.67. The van der Waals surface area contributed by atoms with Crippen LogP contribution in [-0.2, 0) is 10.0 Å². The van der Waals surface area contributed by atoms with E-state index in [9.17, 15) is 13.2 Å². The fraction of sp³-hybridized carbons (Fsp3) is 0.381. The molecule has 0 unspecified atom stereocenters. The van der Waals surface area contributed by atoms with Crippen LogP contribution in [0.1, 0.15) is 18.4 Å². The average Bonchev–Trinajstić information content (AvgIpc) is 3.29. The number of hydrogen-bond acceptors (Lipinski definition) is 4. The molecule has 154 valence electrons. The van der Waals surface area contributed by atoms with Crippen LogP contribution in [0.15, 0.2) is 53.4 Å². The molecule has 0 spiro atoms. The summed E-state index contributed by atoms with van der Waals surface area (Å²) in [4.78, 5) is 14.9. The Labute approximate surface area is 171 Å². The summed E-state index contributed by atoms with van der Waals surface area (Å²) in [6, 6.07) is 13.7. The molecule has 8 heteroatoms. The molecule has 2 N–H and O–H groups in total. The van der Waals surface area contributed by atoms with E-state index < -0.39 is 10.0 Å². The van der Waals surface area contributed by atoms with Crippen molar-refractivity contribution in [2.24, 2.45) is 5.92 Å². The Bertz CT molecular complexity index is 1010. The molecule has 0 radical (unpaired) electrons. The zero-order chi connectivity index (χ0) is 20.6. The molecule has 2 aliphatic rings. The molecule has 1 saturated heterocycles. The molecule has 1 heterocycles. The highest BCUT2D eigenvalue weighted by Gasteiger charge is 2.47. The summed E-state index contributed by atoms with van der Waals surface area (Å²) in [5, 5.41) is 2.94. The number of likely N-dealkylation sites (tertiary alicyclic amines) is 1. The summed E-state index contributed by atoms with van der Waals surface area (Å²) >= 11 is 0. The van der Waals surface area contributed by atoms with Gasteiger partial charge in [-0.3, -0.25) is 0 Å². The molecule has 1 aliphatic carbocycles. The molecular formula is C21H25N3O4S. The van der Waals surface area contributed by atoms with Crippen LogP contribution < -0.4 is 14.8 Å². The highest BCUT2D eigenvalue weighted by molar-refractivity contribution is 7.89. The van der Waals surface area contributed by atoms with Crippen LogP contribution in [0, 0.1) is 12.8 Å². The molecule has 1 saturated carbocycles. The number of piperidine rings is 1. The van der Waals surface area contributed by atoms with Gasteiger partial charge in [0.1, 0.15) is 5.75 Å². The molecule has 1 aliphatic heterocycles. The Morgan fingerprint density at radius 2 is 1.90 bits per heavy atom. The van der Waals surface area contributed by atoms with E-state index in [-0.39, 0.29) is 28.9 Å². The van der Waals surface area contributed by atoms with Crippen LogP contribution in [0.2, 0.25) is 0 Å². The standard InChI is InChI=1S/C21H25N3O4S/c1-14-8-9-20(28-2)19(10-14)22-21(25)24-13-15-11-16(24)12-18(15)23-29(26,27)17-6-4-3-5-7-17/h3-10,15-16,18,23H,11-13H2,1-2H3,(H,22,25)/t15-,16-,18-/m0/s1. The summed E-state index contributed by atoms with van der Waals surface area (Å²) in [6.07, 6.45) is 1.43. The quantitative estimate of drug-likeness (QED) is 0.786. The molecule has 29 heavy (non-hydrogen) atoms. The Kier molecular flexibility index (Phi) is 5.23. The lowest BCUT2D eigenvalue weighted by molar-refractivity contribution is 0.187. The number of sulfonamides is 1. The number of carbonyl (C=O) groups is 1. The van der Waals surface area contributed by atoms with Crippen molar-refractivity contribution in [2.45, 2.75) is 36.7 Å². The SMILES string of the molecule is COc1ccc(C)cc1NC(=O)N1C[C@@H]2C[C@H]1C[C@@H]2NS(=O)(=O)c1ccccc1. The number of hydrogen-bond donors (Lipinski definition) is 2. The first-order chi connectivity index (χ1) is 13.9. The van der Waals surface area contributed by atoms with E-state index in [2.05, 4.69) is 10.0 Å². The summed E-state index contributed by atoms with van der Waals surface area (Å²) in [5.41, 5.74) is 1.67. The van der Waals surface area contributed by atoms with E-state index in [1.807, 2.05) is 25.1 Å². The van der Waals surface area contributed by atoms with E-state index in [0.717, 1.165) is 12.0 Å². The number of nitrogens with zero attached hydrogens (tertiary/aromatic N) is 1. The third-order valence-electron chi connectivity index (χ3n) is 5.76. The maximum Gasteiger partial charge on any atom is 0.322 e. The number of fused-ring (bicyclic) bond motifs is 2. The number of urea groups is 1. The van der Waals surface area contributed by atoms with E-state index in [1.54, 1.807) is 42.3 Å². The second-order valence-corrected chi connectivity index (χ2v) is 9.43. The van der Waals surface area contributed by atoms with Crippen LogP contribution in [-0.4, -0.2) is 45.1 Å². The molecule has 7 nitrogen and oxygen atoms in total. The van der Waals surface area contributed by atoms with Crippen LogP contribution in [0.3, 0.4) is 0 Å². The van der Waals surface area contributed by atoms with Gasteiger partial charge in [0, 0.05) is 18.6 Å². The Morgan fingerprint density at radius 1 is 1.14 bits per heavy atom. The lowest BCUT2D eigenvalue weighted by Gasteiger charge is -2.32. The van der Waals surface area contributed by atoms with Gasteiger partial charge < -0.3 is 15.0 Å². The number of benzene rings is 2. The van der Waals surface area contributed by atoms with E-state index in [1.165, 1.54) is 0 Å². The molecule has 0 aromatic heterocycles. The van der Waals surface area contributed by atoms with Crippen LogP contribution in [0.4, 0.5) is 10.5 Å². The second-order valence-electron chi connectivity index (χ2n) is 7.71. The summed E-state index contributed by atoms with van der Waals surface area (Å²) in [6.45, 7) is 2.49. The van der Waals surface area contributed by atoms with E-state index in [0.29, 0.717) is 24.4 Å². The van der Waals surface area contributed by atoms with Crippen molar-refractivity contribution in [2.75, 3.05) is 19.0 Å².